The van der Waals surface area contributed by atoms with Crippen molar-refractivity contribution in [3.8, 4) is 11.3 Å². The van der Waals surface area contributed by atoms with E-state index in [4.69, 9.17) is 10.9 Å². The van der Waals surface area contributed by atoms with Crippen LogP contribution in [-0.2, 0) is 10.0 Å². The van der Waals surface area contributed by atoms with Crippen molar-refractivity contribution in [2.75, 3.05) is 0 Å². The number of aromatic nitrogens is 2. The lowest BCUT2D eigenvalue weighted by Crippen LogP contribution is -2.16. The number of hydrogen-bond acceptors (Lipinski definition) is 5. The molecule has 0 radical (unpaired) electrons. The van der Waals surface area contributed by atoms with Gasteiger partial charge < -0.3 is 5.73 Å². The summed E-state index contributed by atoms with van der Waals surface area (Å²) in [5.74, 6) is -0.751. The number of amides is 1. The number of primary sulfonamides is 1. The summed E-state index contributed by atoms with van der Waals surface area (Å²) in [6.45, 7) is 0. The number of nitrogens with zero attached hydrogens (tertiary/aromatic N) is 2. The first-order valence-corrected chi connectivity index (χ1v) is 8.11. The molecule has 7 nitrogen and oxygen atoms in total. The zero-order valence-corrected chi connectivity index (χ0v) is 12.6. The molecule has 8 heteroatoms. The molecule has 2 aromatic carbocycles. The van der Waals surface area contributed by atoms with Crippen molar-refractivity contribution in [1.29, 1.82) is 0 Å². The maximum Gasteiger partial charge on any atom is 0.269 e. The van der Waals surface area contributed by atoms with Gasteiger partial charge in [0.15, 0.2) is 5.69 Å². The van der Waals surface area contributed by atoms with Crippen molar-refractivity contribution >= 4 is 27.0 Å². The largest absolute Gasteiger partial charge is 0.364 e. The Morgan fingerprint density at radius 3 is 2.22 bits per heavy atom. The van der Waals surface area contributed by atoms with Gasteiger partial charge in [0.25, 0.3) is 5.91 Å². The molecule has 0 atom stereocenters. The van der Waals surface area contributed by atoms with Gasteiger partial charge in [-0.15, -0.1) is 0 Å². The highest BCUT2D eigenvalue weighted by molar-refractivity contribution is 7.89. The number of sulfonamides is 1. The van der Waals surface area contributed by atoms with Crippen LogP contribution >= 0.6 is 0 Å². The van der Waals surface area contributed by atoms with Crippen LogP contribution in [0.15, 0.2) is 53.4 Å². The number of primary amides is 1. The first kappa shape index (κ1) is 15.1. The Labute approximate surface area is 132 Å². The van der Waals surface area contributed by atoms with Crippen LogP contribution in [0.5, 0.6) is 0 Å². The number of nitrogens with two attached hydrogens (primary N) is 2. The molecule has 3 aromatic rings. The molecule has 0 saturated heterocycles. The van der Waals surface area contributed by atoms with Gasteiger partial charge in [-0.3, -0.25) is 4.79 Å². The second-order valence-electron chi connectivity index (χ2n) is 4.85. The van der Waals surface area contributed by atoms with Crippen LogP contribution < -0.4 is 10.9 Å². The Hall–Kier alpha value is -2.84. The Bertz CT molecular complexity index is 1030. The van der Waals surface area contributed by atoms with Crippen LogP contribution in [0.2, 0.25) is 0 Å². The summed E-state index contributed by atoms with van der Waals surface area (Å²) in [6, 6.07) is 12.8. The lowest BCUT2D eigenvalue weighted by molar-refractivity contribution is 0.0996. The molecule has 0 fully saturated rings. The maximum atomic E-state index is 11.7. The molecule has 23 heavy (non-hydrogen) atoms. The number of rotatable bonds is 3. The van der Waals surface area contributed by atoms with E-state index in [1.54, 1.807) is 30.3 Å². The van der Waals surface area contributed by atoms with Crippen molar-refractivity contribution in [2.45, 2.75) is 4.90 Å². The molecule has 0 aliphatic rings. The Kier molecular flexibility index (Phi) is 3.55. The molecule has 1 aromatic heterocycles. The van der Waals surface area contributed by atoms with Gasteiger partial charge in [0, 0.05) is 5.56 Å². The minimum atomic E-state index is -3.87. The fraction of sp³-hybridized carbons (Fsp3) is 0. The fourth-order valence-electron chi connectivity index (χ4n) is 2.19. The summed E-state index contributed by atoms with van der Waals surface area (Å²) in [6.07, 6.45) is 0. The summed E-state index contributed by atoms with van der Waals surface area (Å²) < 4.78 is 23.0. The van der Waals surface area contributed by atoms with Gasteiger partial charge in [0.1, 0.15) is 5.69 Å². The molecule has 3 rings (SSSR count). The van der Waals surface area contributed by atoms with E-state index in [1.807, 2.05) is 0 Å². The van der Waals surface area contributed by atoms with Gasteiger partial charge in [-0.25, -0.2) is 23.5 Å². The molecule has 116 valence electrons. The lowest BCUT2D eigenvalue weighted by atomic mass is 10.1. The normalized spacial score (nSPS) is 11.5. The van der Waals surface area contributed by atoms with E-state index in [2.05, 4.69) is 9.97 Å². The van der Waals surface area contributed by atoms with Crippen LogP contribution in [-0.4, -0.2) is 24.3 Å². The topological polar surface area (TPSA) is 129 Å². The van der Waals surface area contributed by atoms with Crippen LogP contribution in [0.25, 0.3) is 22.3 Å². The monoisotopic (exact) mass is 328 g/mol. The average Bonchev–Trinajstić information content (AvgIpc) is 2.53. The summed E-state index contributed by atoms with van der Waals surface area (Å²) >= 11 is 0. The molecule has 4 N–H and O–H groups in total. The van der Waals surface area contributed by atoms with Crippen molar-refractivity contribution in [3.63, 3.8) is 0 Å². The van der Waals surface area contributed by atoms with Gasteiger partial charge in [0.05, 0.1) is 15.9 Å². The molecule has 1 amide bonds. The number of carbonyl (C=O) groups is 1. The van der Waals surface area contributed by atoms with Crippen molar-refractivity contribution < 1.29 is 13.2 Å². The van der Waals surface area contributed by atoms with E-state index in [0.29, 0.717) is 16.6 Å². The van der Waals surface area contributed by atoms with E-state index in [0.717, 1.165) is 0 Å². The highest BCUT2D eigenvalue weighted by Gasteiger charge is 2.17. The van der Waals surface area contributed by atoms with E-state index in [9.17, 15) is 13.2 Å². The first-order valence-electron chi connectivity index (χ1n) is 6.56. The predicted octanol–water partition coefficient (Wildman–Crippen LogP) is 1.04. The fourth-order valence-corrected chi connectivity index (χ4v) is 2.75. The van der Waals surface area contributed by atoms with Crippen molar-refractivity contribution in [3.05, 3.63) is 54.2 Å². The van der Waals surface area contributed by atoms with Crippen molar-refractivity contribution in [2.24, 2.45) is 10.9 Å². The van der Waals surface area contributed by atoms with E-state index in [1.165, 1.54) is 18.2 Å². The maximum absolute atomic E-state index is 11.7. The number of benzene rings is 2. The first-order chi connectivity index (χ1) is 10.9. The molecule has 0 spiro atoms. The summed E-state index contributed by atoms with van der Waals surface area (Å²) in [4.78, 5) is 20.2. The molecule has 0 aliphatic carbocycles. The summed E-state index contributed by atoms with van der Waals surface area (Å²) in [5, 5.41) is 5.14. The molecular weight excluding hydrogens is 316 g/mol. The van der Waals surface area contributed by atoms with Crippen molar-refractivity contribution in [1.82, 2.24) is 9.97 Å². The second-order valence-corrected chi connectivity index (χ2v) is 6.41. The predicted molar refractivity (Wildman–Crippen MR) is 84.9 cm³/mol. The van der Waals surface area contributed by atoms with Crippen LogP contribution in [0.4, 0.5) is 0 Å². The van der Waals surface area contributed by atoms with Crippen LogP contribution in [0, 0.1) is 0 Å². The number of fused-ring (bicyclic) bond motifs is 1. The third kappa shape index (κ3) is 2.89. The molecule has 0 unspecified atom stereocenters. The van der Waals surface area contributed by atoms with Crippen LogP contribution in [0.3, 0.4) is 0 Å². The third-order valence-electron chi connectivity index (χ3n) is 3.24. The van der Waals surface area contributed by atoms with E-state index < -0.39 is 15.9 Å². The smallest absolute Gasteiger partial charge is 0.269 e. The minimum absolute atomic E-state index is 0.0322. The standard InChI is InChI=1S/C15H12N4O3S/c16-15(20)14-13(18-11-6-1-2-7-12(11)19-14)9-4-3-5-10(8-9)23(17,21)22/h1-8H,(H2,16,20)(H2,17,21,22). The molecular formula is C15H12N4O3S. The van der Waals surface area contributed by atoms with E-state index in [-0.39, 0.29) is 16.3 Å². The van der Waals surface area contributed by atoms with Gasteiger partial charge >= 0.3 is 0 Å². The number of carbonyl (C=O) groups excluding carboxylic acids is 1. The van der Waals surface area contributed by atoms with Crippen LogP contribution in [0.1, 0.15) is 10.5 Å². The number of hydrogen-bond donors (Lipinski definition) is 2. The zero-order chi connectivity index (χ0) is 16.6. The second kappa shape index (κ2) is 5.41. The Morgan fingerprint density at radius 1 is 0.957 bits per heavy atom. The van der Waals surface area contributed by atoms with Gasteiger partial charge in [-0.1, -0.05) is 24.3 Å². The highest BCUT2D eigenvalue weighted by Crippen LogP contribution is 2.25. The molecule has 0 aliphatic heterocycles. The van der Waals surface area contributed by atoms with E-state index >= 15 is 0 Å². The summed E-state index contributed by atoms with van der Waals surface area (Å²) in [5.41, 5.74) is 7.04. The Balaban J connectivity index is 2.30. The lowest BCUT2D eigenvalue weighted by Gasteiger charge is -2.08. The Morgan fingerprint density at radius 2 is 1.61 bits per heavy atom. The van der Waals surface area contributed by atoms with Gasteiger partial charge in [-0.2, -0.15) is 0 Å². The zero-order valence-electron chi connectivity index (χ0n) is 11.8. The van der Waals surface area contributed by atoms with Gasteiger partial charge in [0.2, 0.25) is 10.0 Å². The van der Waals surface area contributed by atoms with Gasteiger partial charge in [-0.05, 0) is 24.3 Å². The molecule has 1 heterocycles. The SMILES string of the molecule is NC(=O)c1nc2ccccc2nc1-c1cccc(S(N)(=O)=O)c1. The third-order valence-corrected chi connectivity index (χ3v) is 4.15. The quantitative estimate of drug-likeness (QED) is 0.742. The average molecular weight is 328 g/mol. The molecule has 0 bridgehead atoms. The summed E-state index contributed by atoms with van der Waals surface area (Å²) in [7, 11) is -3.87. The highest BCUT2D eigenvalue weighted by atomic mass is 32.2. The number of para-hydroxylation sites is 2. The molecule has 0 saturated carbocycles. The minimum Gasteiger partial charge on any atom is -0.364 e.